The molecule has 1 atom stereocenters. The summed E-state index contributed by atoms with van der Waals surface area (Å²) in [6.45, 7) is 4.70. The Kier molecular flexibility index (Phi) is 3.12. The Balaban J connectivity index is 2.00. The number of aromatic nitrogens is 2. The van der Waals surface area contributed by atoms with Gasteiger partial charge >= 0.3 is 5.97 Å². The van der Waals surface area contributed by atoms with Crippen molar-refractivity contribution in [3.63, 3.8) is 0 Å². The summed E-state index contributed by atoms with van der Waals surface area (Å²) < 4.78 is 2.09. The zero-order valence-corrected chi connectivity index (χ0v) is 9.46. The van der Waals surface area contributed by atoms with E-state index in [1.165, 1.54) is 0 Å². The molecule has 1 aliphatic rings. The van der Waals surface area contributed by atoms with Crippen LogP contribution in [-0.4, -0.2) is 33.7 Å². The molecule has 1 unspecified atom stereocenters. The van der Waals surface area contributed by atoms with Gasteiger partial charge in [-0.15, -0.1) is 0 Å². The average Bonchev–Trinajstić information content (AvgIpc) is 2.83. The van der Waals surface area contributed by atoms with E-state index in [9.17, 15) is 4.79 Å². The Hall–Kier alpha value is -1.52. The smallest absolute Gasteiger partial charge is 0.303 e. The highest BCUT2D eigenvalue weighted by Crippen LogP contribution is 2.24. The van der Waals surface area contributed by atoms with E-state index < -0.39 is 5.97 Å². The van der Waals surface area contributed by atoms with Crippen LogP contribution in [0.3, 0.4) is 0 Å². The van der Waals surface area contributed by atoms with Crippen LogP contribution in [0.2, 0.25) is 0 Å². The fourth-order valence-electron chi connectivity index (χ4n) is 2.26. The van der Waals surface area contributed by atoms with E-state index in [0.29, 0.717) is 0 Å². The Bertz CT molecular complexity index is 375. The molecule has 0 aromatic carbocycles. The Labute approximate surface area is 94.7 Å². The molecule has 0 aliphatic carbocycles. The maximum absolute atomic E-state index is 10.6. The molecule has 1 saturated heterocycles. The molecule has 0 saturated carbocycles. The van der Waals surface area contributed by atoms with E-state index in [2.05, 4.69) is 21.4 Å². The van der Waals surface area contributed by atoms with Crippen molar-refractivity contribution in [3.05, 3.63) is 12.4 Å². The van der Waals surface area contributed by atoms with Crippen molar-refractivity contribution in [2.45, 2.75) is 26.3 Å². The lowest BCUT2D eigenvalue weighted by molar-refractivity contribution is -0.137. The maximum atomic E-state index is 10.6. The third-order valence-electron chi connectivity index (χ3n) is 3.07. The molecule has 0 spiro atoms. The predicted octanol–water partition coefficient (Wildman–Crippen LogP) is 1.20. The van der Waals surface area contributed by atoms with Gasteiger partial charge in [-0.1, -0.05) is 0 Å². The second kappa shape index (κ2) is 4.55. The molecule has 0 amide bonds. The van der Waals surface area contributed by atoms with E-state index in [4.69, 9.17) is 5.11 Å². The van der Waals surface area contributed by atoms with Gasteiger partial charge in [0, 0.05) is 38.4 Å². The zero-order valence-electron chi connectivity index (χ0n) is 9.46. The topological polar surface area (TPSA) is 58.4 Å². The van der Waals surface area contributed by atoms with Crippen LogP contribution in [0.4, 0.5) is 5.95 Å². The summed E-state index contributed by atoms with van der Waals surface area (Å²) in [5.74, 6) is 0.528. The van der Waals surface area contributed by atoms with Crippen LogP contribution in [0.25, 0.3) is 0 Å². The number of aliphatic carboxylic acids is 1. The summed E-state index contributed by atoms with van der Waals surface area (Å²) in [5.41, 5.74) is 0. The average molecular weight is 223 g/mol. The van der Waals surface area contributed by atoms with Crippen LogP contribution in [0.5, 0.6) is 0 Å². The van der Waals surface area contributed by atoms with Gasteiger partial charge in [0.05, 0.1) is 0 Å². The molecule has 5 heteroatoms. The highest BCUT2D eigenvalue weighted by atomic mass is 16.4. The fraction of sp³-hybridized carbons (Fsp3) is 0.636. The minimum Gasteiger partial charge on any atom is -0.481 e. The van der Waals surface area contributed by atoms with Crippen molar-refractivity contribution >= 4 is 11.9 Å². The van der Waals surface area contributed by atoms with Crippen molar-refractivity contribution in [1.29, 1.82) is 0 Å². The highest BCUT2D eigenvalue weighted by Gasteiger charge is 2.26. The Morgan fingerprint density at radius 1 is 1.69 bits per heavy atom. The van der Waals surface area contributed by atoms with Gasteiger partial charge in [0.2, 0.25) is 5.95 Å². The molecule has 2 rings (SSSR count). The Morgan fingerprint density at radius 3 is 3.19 bits per heavy atom. The number of rotatable bonds is 4. The second-order valence-electron chi connectivity index (χ2n) is 4.21. The Morgan fingerprint density at radius 2 is 2.50 bits per heavy atom. The zero-order chi connectivity index (χ0) is 11.5. The summed E-state index contributed by atoms with van der Waals surface area (Å²) in [4.78, 5) is 17.1. The normalized spacial score (nSPS) is 20.3. The monoisotopic (exact) mass is 223 g/mol. The number of carbonyl (C=O) groups is 1. The molecule has 0 bridgehead atoms. The number of carboxylic acids is 1. The van der Waals surface area contributed by atoms with Crippen LogP contribution in [0, 0.1) is 5.92 Å². The number of hydrogen-bond acceptors (Lipinski definition) is 3. The predicted molar refractivity (Wildman–Crippen MR) is 60.5 cm³/mol. The van der Waals surface area contributed by atoms with Crippen LogP contribution in [-0.2, 0) is 11.3 Å². The molecule has 2 heterocycles. The van der Waals surface area contributed by atoms with E-state index in [-0.39, 0.29) is 12.3 Å². The third-order valence-corrected chi connectivity index (χ3v) is 3.07. The molecule has 1 fully saturated rings. The van der Waals surface area contributed by atoms with Gasteiger partial charge in [0.25, 0.3) is 0 Å². The number of hydrogen-bond donors (Lipinski definition) is 1. The second-order valence-corrected chi connectivity index (χ2v) is 4.21. The lowest BCUT2D eigenvalue weighted by atomic mass is 10.1. The van der Waals surface area contributed by atoms with Crippen molar-refractivity contribution in [1.82, 2.24) is 9.55 Å². The maximum Gasteiger partial charge on any atom is 0.303 e. The van der Waals surface area contributed by atoms with Crippen LogP contribution in [0.1, 0.15) is 19.8 Å². The summed E-state index contributed by atoms with van der Waals surface area (Å²) in [7, 11) is 0. The highest BCUT2D eigenvalue weighted by molar-refractivity contribution is 5.67. The molecular formula is C11H17N3O2. The first-order valence-corrected chi connectivity index (χ1v) is 5.68. The van der Waals surface area contributed by atoms with Gasteiger partial charge in [0.1, 0.15) is 0 Å². The van der Waals surface area contributed by atoms with Crippen LogP contribution >= 0.6 is 0 Å². The summed E-state index contributed by atoms with van der Waals surface area (Å²) in [6.07, 6.45) is 4.97. The van der Waals surface area contributed by atoms with Gasteiger partial charge < -0.3 is 14.6 Å². The fourth-order valence-corrected chi connectivity index (χ4v) is 2.26. The standard InChI is InChI=1S/C11H17N3O2/c1-2-13-6-4-12-11(13)14-5-3-9(8-14)7-10(15)16/h4,6,9H,2-3,5,7-8H2,1H3,(H,15,16). The lowest BCUT2D eigenvalue weighted by Gasteiger charge is -2.18. The van der Waals surface area contributed by atoms with Gasteiger partial charge in [-0.3, -0.25) is 4.79 Å². The van der Waals surface area contributed by atoms with Crippen LogP contribution in [0.15, 0.2) is 12.4 Å². The summed E-state index contributed by atoms with van der Waals surface area (Å²) >= 11 is 0. The molecule has 16 heavy (non-hydrogen) atoms. The molecule has 1 aromatic rings. The van der Waals surface area contributed by atoms with E-state index in [1.807, 2.05) is 6.20 Å². The van der Waals surface area contributed by atoms with E-state index in [1.54, 1.807) is 6.20 Å². The molecule has 5 nitrogen and oxygen atoms in total. The molecule has 1 aromatic heterocycles. The van der Waals surface area contributed by atoms with Crippen molar-refractivity contribution < 1.29 is 9.90 Å². The minimum absolute atomic E-state index is 0.263. The number of nitrogens with zero attached hydrogens (tertiary/aromatic N) is 3. The summed E-state index contributed by atoms with van der Waals surface area (Å²) in [6, 6.07) is 0. The lowest BCUT2D eigenvalue weighted by Crippen LogP contribution is -2.23. The number of aryl methyl sites for hydroxylation is 1. The first-order chi connectivity index (χ1) is 7.70. The molecule has 1 aliphatic heterocycles. The first kappa shape index (κ1) is 11.0. The molecule has 1 N–H and O–H groups in total. The van der Waals surface area contributed by atoms with E-state index >= 15 is 0 Å². The number of imidazole rings is 1. The van der Waals surface area contributed by atoms with E-state index in [0.717, 1.165) is 32.0 Å². The van der Waals surface area contributed by atoms with Gasteiger partial charge in [-0.05, 0) is 19.3 Å². The minimum atomic E-state index is -0.703. The quantitative estimate of drug-likeness (QED) is 0.833. The van der Waals surface area contributed by atoms with Crippen LogP contribution < -0.4 is 4.90 Å². The van der Waals surface area contributed by atoms with Gasteiger partial charge in [-0.2, -0.15) is 0 Å². The first-order valence-electron chi connectivity index (χ1n) is 5.68. The molecule has 0 radical (unpaired) electrons. The van der Waals surface area contributed by atoms with Gasteiger partial charge in [-0.25, -0.2) is 4.98 Å². The third kappa shape index (κ3) is 2.18. The largest absolute Gasteiger partial charge is 0.481 e. The summed E-state index contributed by atoms with van der Waals surface area (Å²) in [5, 5.41) is 8.75. The number of carboxylic acid groups (broad SMARTS) is 1. The SMILES string of the molecule is CCn1ccnc1N1CCC(CC(=O)O)C1. The van der Waals surface area contributed by atoms with Gasteiger partial charge in [0.15, 0.2) is 0 Å². The van der Waals surface area contributed by atoms with Crippen molar-refractivity contribution in [2.24, 2.45) is 5.92 Å². The van der Waals surface area contributed by atoms with Crippen molar-refractivity contribution in [2.75, 3.05) is 18.0 Å². The molecule has 88 valence electrons. The molecular weight excluding hydrogens is 206 g/mol. The van der Waals surface area contributed by atoms with Crippen molar-refractivity contribution in [3.8, 4) is 0 Å². The number of anilines is 1.